The standard InChI is InChI=1S/C16H19Br2NS/c1-3-6-19-16(9-14-8-13(17)10-20-14)12-4-5-15(18)11(2)7-12/h4-5,7-8,10,16,19H,3,6,9H2,1-2H3. The first-order chi connectivity index (χ1) is 9.60. The van der Waals surface area contributed by atoms with Crippen molar-refractivity contribution in [2.24, 2.45) is 0 Å². The van der Waals surface area contributed by atoms with Crippen molar-refractivity contribution < 1.29 is 0 Å². The average molecular weight is 417 g/mol. The molecule has 0 saturated heterocycles. The van der Waals surface area contributed by atoms with Gasteiger partial charge in [0.05, 0.1) is 0 Å². The lowest BCUT2D eigenvalue weighted by atomic mass is 10.0. The first-order valence-electron chi connectivity index (χ1n) is 6.82. The molecule has 0 radical (unpaired) electrons. The fraction of sp³-hybridized carbons (Fsp3) is 0.375. The molecule has 4 heteroatoms. The summed E-state index contributed by atoms with van der Waals surface area (Å²) in [6.07, 6.45) is 2.19. The van der Waals surface area contributed by atoms with Crippen LogP contribution in [0.4, 0.5) is 0 Å². The van der Waals surface area contributed by atoms with Gasteiger partial charge in [-0.15, -0.1) is 11.3 Å². The number of halogens is 2. The zero-order chi connectivity index (χ0) is 14.5. The minimum atomic E-state index is 0.382. The lowest BCUT2D eigenvalue weighted by Crippen LogP contribution is -2.23. The number of benzene rings is 1. The van der Waals surface area contributed by atoms with Gasteiger partial charge in [0.15, 0.2) is 0 Å². The van der Waals surface area contributed by atoms with E-state index in [1.54, 1.807) is 0 Å². The van der Waals surface area contributed by atoms with Crippen LogP contribution in [0.25, 0.3) is 0 Å². The normalized spacial score (nSPS) is 12.6. The van der Waals surface area contributed by atoms with Gasteiger partial charge in [0, 0.05) is 31.7 Å². The molecule has 1 nitrogen and oxygen atoms in total. The van der Waals surface area contributed by atoms with Crippen molar-refractivity contribution in [2.75, 3.05) is 6.54 Å². The van der Waals surface area contributed by atoms with Crippen LogP contribution in [-0.2, 0) is 6.42 Å². The Morgan fingerprint density at radius 2 is 2.05 bits per heavy atom. The van der Waals surface area contributed by atoms with E-state index in [1.165, 1.54) is 24.9 Å². The van der Waals surface area contributed by atoms with E-state index in [4.69, 9.17) is 0 Å². The molecule has 0 amide bonds. The smallest absolute Gasteiger partial charge is 0.0368 e. The van der Waals surface area contributed by atoms with Gasteiger partial charge < -0.3 is 5.32 Å². The van der Waals surface area contributed by atoms with Crippen LogP contribution in [0.15, 0.2) is 38.6 Å². The van der Waals surface area contributed by atoms with Crippen molar-refractivity contribution >= 4 is 43.2 Å². The summed E-state index contributed by atoms with van der Waals surface area (Å²) in [5.74, 6) is 0. The molecular weight excluding hydrogens is 398 g/mol. The molecular formula is C16H19Br2NS. The molecule has 0 aliphatic rings. The molecule has 1 unspecified atom stereocenters. The van der Waals surface area contributed by atoms with Crippen LogP contribution in [-0.4, -0.2) is 6.54 Å². The Morgan fingerprint density at radius 3 is 2.65 bits per heavy atom. The summed E-state index contributed by atoms with van der Waals surface area (Å²) < 4.78 is 2.35. The highest BCUT2D eigenvalue weighted by Gasteiger charge is 2.13. The summed E-state index contributed by atoms with van der Waals surface area (Å²) in [4.78, 5) is 1.41. The SMILES string of the molecule is CCCNC(Cc1cc(Br)cs1)c1ccc(Br)c(C)c1. The molecule has 0 aliphatic heterocycles. The largest absolute Gasteiger partial charge is 0.310 e. The minimum Gasteiger partial charge on any atom is -0.310 e. The van der Waals surface area contributed by atoms with Crippen molar-refractivity contribution in [1.82, 2.24) is 5.32 Å². The van der Waals surface area contributed by atoms with Crippen molar-refractivity contribution in [3.63, 3.8) is 0 Å². The molecule has 1 aromatic heterocycles. The molecule has 1 N–H and O–H groups in total. The molecule has 2 aromatic rings. The van der Waals surface area contributed by atoms with E-state index in [9.17, 15) is 0 Å². The maximum atomic E-state index is 3.67. The fourth-order valence-corrected chi connectivity index (χ4v) is 3.92. The molecule has 2 rings (SSSR count). The summed E-state index contributed by atoms with van der Waals surface area (Å²) in [5.41, 5.74) is 2.65. The zero-order valence-corrected chi connectivity index (χ0v) is 15.7. The molecule has 0 fully saturated rings. The van der Waals surface area contributed by atoms with Gasteiger partial charge in [-0.2, -0.15) is 0 Å². The third-order valence-electron chi connectivity index (χ3n) is 3.25. The summed E-state index contributed by atoms with van der Waals surface area (Å²) in [6.45, 7) is 5.40. The van der Waals surface area contributed by atoms with Gasteiger partial charge in [0.1, 0.15) is 0 Å². The summed E-state index contributed by atoms with van der Waals surface area (Å²) >= 11 is 8.93. The lowest BCUT2D eigenvalue weighted by Gasteiger charge is -2.19. The Labute approximate surface area is 142 Å². The van der Waals surface area contributed by atoms with E-state index in [0.29, 0.717) is 6.04 Å². The molecule has 0 bridgehead atoms. The van der Waals surface area contributed by atoms with Gasteiger partial charge in [-0.3, -0.25) is 0 Å². The van der Waals surface area contributed by atoms with Crippen molar-refractivity contribution in [3.8, 4) is 0 Å². The number of hydrogen-bond donors (Lipinski definition) is 1. The summed E-state index contributed by atoms with van der Waals surface area (Å²) in [6, 6.07) is 9.24. The molecule has 108 valence electrons. The predicted octanol–water partition coefficient (Wildman–Crippen LogP) is 5.86. The van der Waals surface area contributed by atoms with Gasteiger partial charge in [-0.1, -0.05) is 35.0 Å². The van der Waals surface area contributed by atoms with Crippen molar-refractivity contribution in [2.45, 2.75) is 32.7 Å². The predicted molar refractivity (Wildman–Crippen MR) is 95.6 cm³/mol. The van der Waals surface area contributed by atoms with Gasteiger partial charge in [0.25, 0.3) is 0 Å². The molecule has 0 aliphatic carbocycles. The van der Waals surface area contributed by atoms with Gasteiger partial charge in [-0.25, -0.2) is 0 Å². The average Bonchev–Trinajstić information content (AvgIpc) is 2.83. The van der Waals surface area contributed by atoms with E-state index in [1.807, 2.05) is 11.3 Å². The summed E-state index contributed by atoms with van der Waals surface area (Å²) in [5, 5.41) is 5.82. The number of hydrogen-bond acceptors (Lipinski definition) is 2. The van der Waals surface area contributed by atoms with E-state index >= 15 is 0 Å². The maximum Gasteiger partial charge on any atom is 0.0368 e. The van der Waals surface area contributed by atoms with Crippen molar-refractivity contribution in [3.05, 3.63) is 54.6 Å². The highest BCUT2D eigenvalue weighted by atomic mass is 79.9. The Hall–Kier alpha value is -0.160. The molecule has 0 spiro atoms. The fourth-order valence-electron chi connectivity index (χ4n) is 2.17. The molecule has 0 saturated carbocycles. The van der Waals surface area contributed by atoms with E-state index in [2.05, 4.69) is 80.7 Å². The third kappa shape index (κ3) is 4.42. The summed E-state index contributed by atoms with van der Waals surface area (Å²) in [7, 11) is 0. The van der Waals surface area contributed by atoms with Crippen LogP contribution >= 0.6 is 43.2 Å². The Bertz CT molecular complexity index is 565. The highest BCUT2D eigenvalue weighted by molar-refractivity contribution is 9.10. The molecule has 20 heavy (non-hydrogen) atoms. The van der Waals surface area contributed by atoms with Crippen molar-refractivity contribution in [1.29, 1.82) is 0 Å². The zero-order valence-electron chi connectivity index (χ0n) is 11.7. The lowest BCUT2D eigenvalue weighted by molar-refractivity contribution is 0.532. The number of rotatable bonds is 6. The second-order valence-electron chi connectivity index (χ2n) is 4.95. The van der Waals surface area contributed by atoms with Crippen LogP contribution in [0.1, 0.15) is 35.4 Å². The minimum absolute atomic E-state index is 0.382. The van der Waals surface area contributed by atoms with Crippen LogP contribution in [0, 0.1) is 6.92 Å². The third-order valence-corrected chi connectivity index (χ3v) is 5.86. The monoisotopic (exact) mass is 415 g/mol. The van der Waals surface area contributed by atoms with Gasteiger partial charge in [-0.05, 0) is 59.1 Å². The van der Waals surface area contributed by atoms with E-state index in [0.717, 1.165) is 19.4 Å². The topological polar surface area (TPSA) is 12.0 Å². The molecule has 1 heterocycles. The quantitative estimate of drug-likeness (QED) is 0.621. The number of nitrogens with one attached hydrogen (secondary N) is 1. The highest BCUT2D eigenvalue weighted by Crippen LogP contribution is 2.27. The van der Waals surface area contributed by atoms with Crippen LogP contribution in [0.2, 0.25) is 0 Å². The van der Waals surface area contributed by atoms with Gasteiger partial charge >= 0.3 is 0 Å². The molecule has 1 aromatic carbocycles. The van der Waals surface area contributed by atoms with E-state index in [-0.39, 0.29) is 0 Å². The van der Waals surface area contributed by atoms with Crippen LogP contribution in [0.3, 0.4) is 0 Å². The number of thiophene rings is 1. The molecule has 1 atom stereocenters. The van der Waals surface area contributed by atoms with Crippen LogP contribution < -0.4 is 5.32 Å². The van der Waals surface area contributed by atoms with Gasteiger partial charge in [0.2, 0.25) is 0 Å². The second kappa shape index (κ2) is 7.74. The Morgan fingerprint density at radius 1 is 1.25 bits per heavy atom. The second-order valence-corrected chi connectivity index (χ2v) is 7.72. The first kappa shape index (κ1) is 16.2. The Balaban J connectivity index is 2.19. The maximum absolute atomic E-state index is 3.67. The first-order valence-corrected chi connectivity index (χ1v) is 9.29. The van der Waals surface area contributed by atoms with Crippen LogP contribution in [0.5, 0.6) is 0 Å². The Kier molecular flexibility index (Phi) is 6.27. The number of aryl methyl sites for hydroxylation is 1. The van der Waals surface area contributed by atoms with E-state index < -0.39 is 0 Å².